The van der Waals surface area contributed by atoms with Crippen LogP contribution in [-0.4, -0.2) is 44.0 Å². The van der Waals surface area contributed by atoms with Crippen molar-refractivity contribution >= 4 is 49.2 Å². The first-order chi connectivity index (χ1) is 10.6. The second kappa shape index (κ2) is 9.04. The van der Waals surface area contributed by atoms with Gasteiger partial charge in [0, 0.05) is 5.67 Å². The summed E-state index contributed by atoms with van der Waals surface area (Å²) in [5.74, 6) is 0. The lowest BCUT2D eigenvalue weighted by Gasteiger charge is -2.40. The molecule has 0 unspecified atom stereocenters. The minimum Gasteiger partial charge on any atom is -0.458 e. The Morgan fingerprint density at radius 1 is 0.739 bits per heavy atom. The van der Waals surface area contributed by atoms with Gasteiger partial charge in [-0.2, -0.15) is 0 Å². The minimum atomic E-state index is -2.42. The van der Waals surface area contributed by atoms with Crippen LogP contribution in [0.2, 0.25) is 58.0 Å². The Kier molecular flexibility index (Phi) is 8.34. The lowest BCUT2D eigenvalue weighted by atomic mass is 10.4. The van der Waals surface area contributed by atoms with Crippen molar-refractivity contribution in [2.75, 3.05) is 0 Å². The quantitative estimate of drug-likeness (QED) is 0.594. The zero-order valence-electron chi connectivity index (χ0n) is 16.1. The fourth-order valence-electron chi connectivity index (χ4n) is 3.04. The van der Waals surface area contributed by atoms with Gasteiger partial charge in [-0.15, -0.1) is 0 Å². The second-order valence-electron chi connectivity index (χ2n) is 7.56. The molecule has 0 aliphatic rings. The molecule has 0 fully saturated rings. The zero-order chi connectivity index (χ0) is 17.7. The van der Waals surface area contributed by atoms with Crippen molar-refractivity contribution in [3.8, 4) is 0 Å². The number of hydrogen-bond donors (Lipinski definition) is 0. The van der Waals surface area contributed by atoms with Gasteiger partial charge in [0.25, 0.3) is 0 Å². The summed E-state index contributed by atoms with van der Waals surface area (Å²) >= 11 is 0. The van der Waals surface area contributed by atoms with Gasteiger partial charge in [-0.3, -0.25) is 0 Å². The van der Waals surface area contributed by atoms with Crippen molar-refractivity contribution in [2.24, 2.45) is 0 Å². The lowest BCUT2D eigenvalue weighted by molar-refractivity contribution is 0.416. The van der Waals surface area contributed by atoms with Crippen LogP contribution < -0.4 is 5.19 Å². The maximum atomic E-state index is 6.71. The topological polar surface area (TPSA) is 27.7 Å². The molecule has 3 nitrogen and oxygen atoms in total. The fraction of sp³-hybridized carbons (Fsp3) is 0.600. The lowest BCUT2D eigenvalue weighted by Crippen LogP contribution is -2.62. The van der Waals surface area contributed by atoms with Gasteiger partial charge in [-0.05, 0) is 57.6 Å². The second-order valence-corrected chi connectivity index (χ2v) is 23.7. The summed E-state index contributed by atoms with van der Waals surface area (Å²) in [7, 11) is -7.70. The van der Waals surface area contributed by atoms with Crippen molar-refractivity contribution in [3.05, 3.63) is 30.3 Å². The first kappa shape index (κ1) is 21.2. The molecule has 0 atom stereocenters. The molecule has 1 aromatic carbocycles. The summed E-state index contributed by atoms with van der Waals surface area (Å²) in [5.41, 5.74) is 1.01. The Balaban J connectivity index is 3.26. The van der Waals surface area contributed by atoms with Crippen LogP contribution in [0.4, 0.5) is 0 Å². The van der Waals surface area contributed by atoms with E-state index in [-0.39, 0.29) is 0 Å². The molecule has 1 aromatic rings. The monoisotopic (exact) mass is 402 g/mol. The van der Waals surface area contributed by atoms with Crippen molar-refractivity contribution in [2.45, 2.75) is 58.0 Å². The normalized spacial score (nSPS) is 13.3. The third-order valence-electron chi connectivity index (χ3n) is 3.28. The Hall–Kier alpha value is 0.184. The molecule has 0 heterocycles. The van der Waals surface area contributed by atoms with Crippen LogP contribution in [0.15, 0.2) is 30.3 Å². The molecule has 0 bridgehead atoms. The van der Waals surface area contributed by atoms with Crippen LogP contribution in [0.3, 0.4) is 0 Å². The first-order valence-corrected chi connectivity index (χ1v) is 22.1. The van der Waals surface area contributed by atoms with E-state index in [2.05, 4.69) is 82.7 Å². The number of hydrogen-bond acceptors (Lipinski definition) is 3. The standard InChI is InChI=1S/C15H34O3Si5/c1-19(2)16-22(7,8)14-23(17-20(3)4,18-21(5)6)15-12-10-9-11-13-15/h9-13,19-21H,14H2,1-8H3. The SMILES string of the molecule is C[SiH](C)O[Si](C)(C)C[Si](O[SiH](C)C)(O[SiH](C)C)c1ccccc1. The fourth-order valence-corrected chi connectivity index (χ4v) is 25.3. The molecule has 0 saturated heterocycles. The predicted molar refractivity (Wildman–Crippen MR) is 114 cm³/mol. The Bertz CT molecular complexity index is 455. The Morgan fingerprint density at radius 2 is 1.17 bits per heavy atom. The van der Waals surface area contributed by atoms with Gasteiger partial charge >= 0.3 is 8.56 Å². The van der Waals surface area contributed by atoms with Crippen molar-refractivity contribution in [1.29, 1.82) is 0 Å². The average molecular weight is 403 g/mol. The Morgan fingerprint density at radius 3 is 1.57 bits per heavy atom. The first-order valence-electron chi connectivity index (χ1n) is 8.65. The van der Waals surface area contributed by atoms with E-state index in [1.807, 2.05) is 0 Å². The summed E-state index contributed by atoms with van der Waals surface area (Å²) in [5, 5.41) is 1.29. The van der Waals surface area contributed by atoms with Crippen molar-refractivity contribution in [1.82, 2.24) is 0 Å². The van der Waals surface area contributed by atoms with Crippen LogP contribution in [0, 0.1) is 0 Å². The summed E-state index contributed by atoms with van der Waals surface area (Å²) < 4.78 is 19.9. The highest BCUT2D eigenvalue weighted by atomic mass is 28.5. The smallest absolute Gasteiger partial charge is 0.351 e. The molecule has 8 heteroatoms. The zero-order valence-corrected chi connectivity index (χ0v) is 21.5. The van der Waals surface area contributed by atoms with Gasteiger partial charge in [0.05, 0.1) is 0 Å². The third-order valence-corrected chi connectivity index (χ3v) is 21.0. The molecule has 0 N–H and O–H groups in total. The highest BCUT2D eigenvalue weighted by molar-refractivity contribution is 6.99. The largest absolute Gasteiger partial charge is 0.458 e. The summed E-state index contributed by atoms with van der Waals surface area (Å²) in [6, 6.07) is 10.7. The van der Waals surface area contributed by atoms with Gasteiger partial charge in [0.1, 0.15) is 0 Å². The molecule has 0 radical (unpaired) electrons. The summed E-state index contributed by atoms with van der Waals surface area (Å²) in [6.45, 7) is 18.2. The molecule has 0 aromatic heterocycles. The molecule has 0 aliphatic carbocycles. The van der Waals surface area contributed by atoms with Crippen molar-refractivity contribution < 1.29 is 12.3 Å². The van der Waals surface area contributed by atoms with Crippen LogP contribution in [-0.2, 0) is 12.3 Å². The minimum absolute atomic E-state index is 1.01. The van der Waals surface area contributed by atoms with Gasteiger partial charge in [0.2, 0.25) is 0 Å². The average Bonchev–Trinajstić information content (AvgIpc) is 2.35. The van der Waals surface area contributed by atoms with E-state index in [9.17, 15) is 0 Å². The van der Waals surface area contributed by atoms with Gasteiger partial charge in [0.15, 0.2) is 35.4 Å². The highest BCUT2D eigenvalue weighted by Crippen LogP contribution is 2.25. The molecule has 132 valence electrons. The van der Waals surface area contributed by atoms with E-state index in [1.54, 1.807) is 0 Å². The third kappa shape index (κ3) is 7.30. The van der Waals surface area contributed by atoms with E-state index >= 15 is 0 Å². The molecular weight excluding hydrogens is 369 g/mol. The van der Waals surface area contributed by atoms with Crippen LogP contribution in [0.25, 0.3) is 0 Å². The summed E-state index contributed by atoms with van der Waals surface area (Å²) in [6.07, 6.45) is 0. The Labute approximate surface area is 149 Å². The molecule has 0 amide bonds. The maximum Gasteiger partial charge on any atom is 0.351 e. The molecule has 0 spiro atoms. The molecule has 0 saturated carbocycles. The number of benzene rings is 1. The molecular formula is C15H34O3Si5. The molecule has 0 aliphatic heterocycles. The van der Waals surface area contributed by atoms with Gasteiger partial charge < -0.3 is 12.3 Å². The molecule has 1 rings (SSSR count). The van der Waals surface area contributed by atoms with Gasteiger partial charge in [-0.25, -0.2) is 0 Å². The highest BCUT2D eigenvalue weighted by Gasteiger charge is 2.47. The predicted octanol–water partition coefficient (Wildman–Crippen LogP) is 3.08. The van der Waals surface area contributed by atoms with E-state index in [4.69, 9.17) is 12.3 Å². The van der Waals surface area contributed by atoms with Crippen molar-refractivity contribution in [3.63, 3.8) is 0 Å². The van der Waals surface area contributed by atoms with E-state index < -0.39 is 44.0 Å². The maximum absolute atomic E-state index is 6.71. The van der Waals surface area contributed by atoms with Crippen LogP contribution in [0.1, 0.15) is 0 Å². The number of rotatable bonds is 9. The van der Waals surface area contributed by atoms with E-state index in [1.165, 1.54) is 5.19 Å². The molecule has 23 heavy (non-hydrogen) atoms. The summed E-state index contributed by atoms with van der Waals surface area (Å²) in [4.78, 5) is 0. The van der Waals surface area contributed by atoms with Gasteiger partial charge in [-0.1, -0.05) is 30.3 Å². The van der Waals surface area contributed by atoms with E-state index in [0.29, 0.717) is 0 Å². The van der Waals surface area contributed by atoms with Crippen LogP contribution >= 0.6 is 0 Å². The van der Waals surface area contributed by atoms with E-state index in [0.717, 1.165) is 5.67 Å². The van der Waals surface area contributed by atoms with Crippen LogP contribution in [0.5, 0.6) is 0 Å².